The first kappa shape index (κ1) is 17.9. The maximum Gasteiger partial charge on any atom is 0.410 e. The molecule has 0 saturated carbocycles. The van der Waals surface area contributed by atoms with Crippen LogP contribution in [0.4, 0.5) is 4.79 Å². The van der Waals surface area contributed by atoms with Crippen LogP contribution in [0, 0.1) is 0 Å². The molecule has 29 heavy (non-hydrogen) atoms. The Morgan fingerprint density at radius 2 is 1.83 bits per heavy atom. The van der Waals surface area contributed by atoms with Crippen molar-refractivity contribution in [3.63, 3.8) is 0 Å². The molecule has 3 aliphatic rings. The zero-order chi connectivity index (χ0) is 20.0. The molecular weight excluding hydrogens is 368 g/mol. The van der Waals surface area contributed by atoms with Crippen molar-refractivity contribution in [3.8, 4) is 0 Å². The molecule has 6 heteroatoms. The number of piperazine rings is 1. The average Bonchev–Trinajstić information content (AvgIpc) is 3.28. The number of ketones is 1. The fourth-order valence-corrected chi connectivity index (χ4v) is 4.87. The molecule has 2 fully saturated rings. The van der Waals surface area contributed by atoms with E-state index in [9.17, 15) is 14.4 Å². The first-order chi connectivity index (χ1) is 14.1. The first-order valence-corrected chi connectivity index (χ1v) is 10.0. The lowest BCUT2D eigenvalue weighted by Gasteiger charge is -2.45. The minimum absolute atomic E-state index is 0.0667. The van der Waals surface area contributed by atoms with Crippen LogP contribution in [0.1, 0.15) is 38.3 Å². The van der Waals surface area contributed by atoms with Gasteiger partial charge in [-0.2, -0.15) is 0 Å². The molecule has 0 aromatic heterocycles. The van der Waals surface area contributed by atoms with Gasteiger partial charge in [0.05, 0.1) is 0 Å². The van der Waals surface area contributed by atoms with Crippen molar-refractivity contribution in [1.29, 1.82) is 0 Å². The van der Waals surface area contributed by atoms with Crippen LogP contribution in [0.15, 0.2) is 48.5 Å². The summed E-state index contributed by atoms with van der Waals surface area (Å²) in [6, 6.07) is 15.4. The van der Waals surface area contributed by atoms with Crippen molar-refractivity contribution in [1.82, 2.24) is 9.80 Å². The maximum absolute atomic E-state index is 13.4. The number of carbonyl (C=O) groups excluding carboxylic acids is 3. The number of ether oxygens (including phenoxy) is 1. The predicted octanol–water partition coefficient (Wildman–Crippen LogP) is 2.71. The van der Waals surface area contributed by atoms with E-state index in [4.69, 9.17) is 4.74 Å². The Balaban J connectivity index is 1.45. The zero-order valence-corrected chi connectivity index (χ0v) is 16.1. The van der Waals surface area contributed by atoms with Gasteiger partial charge in [-0.15, -0.1) is 0 Å². The van der Waals surface area contributed by atoms with Gasteiger partial charge in [0.1, 0.15) is 12.1 Å². The Morgan fingerprint density at radius 1 is 1.00 bits per heavy atom. The molecule has 2 aromatic carbocycles. The highest BCUT2D eigenvalue weighted by Crippen LogP contribution is 2.34. The number of cyclic esters (lactones) is 1. The lowest BCUT2D eigenvalue weighted by molar-refractivity contribution is 0.0374. The van der Waals surface area contributed by atoms with Crippen molar-refractivity contribution in [2.45, 2.75) is 24.8 Å². The Hall–Kier alpha value is -3.15. The summed E-state index contributed by atoms with van der Waals surface area (Å²) in [5, 5.41) is 0. The van der Waals surface area contributed by atoms with Crippen molar-refractivity contribution in [2.75, 3.05) is 26.2 Å². The molecule has 2 saturated heterocycles. The number of amides is 2. The number of carbonyl (C=O) groups is 3. The van der Waals surface area contributed by atoms with Gasteiger partial charge < -0.3 is 9.64 Å². The normalized spacial score (nSPS) is 23.0. The monoisotopic (exact) mass is 390 g/mol. The van der Waals surface area contributed by atoms with Gasteiger partial charge in [-0.3, -0.25) is 14.5 Å². The Kier molecular flexibility index (Phi) is 4.15. The summed E-state index contributed by atoms with van der Waals surface area (Å²) in [6.45, 7) is 1.60. The smallest absolute Gasteiger partial charge is 0.410 e. The van der Waals surface area contributed by atoms with E-state index in [1.165, 1.54) is 0 Å². The summed E-state index contributed by atoms with van der Waals surface area (Å²) in [5.74, 6) is 0.0396. The highest BCUT2D eigenvalue weighted by atomic mass is 16.6. The lowest BCUT2D eigenvalue weighted by atomic mass is 9.87. The second-order valence-corrected chi connectivity index (χ2v) is 8.07. The van der Waals surface area contributed by atoms with Crippen molar-refractivity contribution >= 4 is 17.8 Å². The largest absolute Gasteiger partial charge is 0.447 e. The number of rotatable bonds is 3. The third kappa shape index (κ3) is 2.90. The van der Waals surface area contributed by atoms with E-state index in [1.807, 2.05) is 41.3 Å². The number of nitrogens with zero attached hydrogens (tertiary/aromatic N) is 2. The van der Waals surface area contributed by atoms with Crippen molar-refractivity contribution in [3.05, 3.63) is 70.8 Å². The van der Waals surface area contributed by atoms with Crippen molar-refractivity contribution < 1.29 is 19.1 Å². The second kappa shape index (κ2) is 6.72. The van der Waals surface area contributed by atoms with Gasteiger partial charge in [-0.25, -0.2) is 4.79 Å². The molecule has 2 amide bonds. The van der Waals surface area contributed by atoms with Crippen LogP contribution in [-0.4, -0.2) is 59.4 Å². The van der Waals surface area contributed by atoms with E-state index in [-0.39, 0.29) is 24.4 Å². The van der Waals surface area contributed by atoms with E-state index < -0.39 is 5.54 Å². The standard InChI is InChI=1S/C23H22N2O4/c26-20-10-9-17-18(20)7-4-8-19(17)21(27)24-11-12-25-22(28)29-15-23(25,14-24)13-16-5-2-1-3-6-16/h1-8H,9-15H2. The van der Waals surface area contributed by atoms with E-state index in [1.54, 1.807) is 17.0 Å². The maximum atomic E-state index is 13.4. The van der Waals surface area contributed by atoms with Gasteiger partial charge in [-0.1, -0.05) is 42.5 Å². The molecule has 6 nitrogen and oxygen atoms in total. The Bertz CT molecular complexity index is 1000. The molecule has 1 unspecified atom stereocenters. The second-order valence-electron chi connectivity index (χ2n) is 8.07. The van der Waals surface area contributed by atoms with Gasteiger partial charge in [-0.05, 0) is 23.6 Å². The number of benzene rings is 2. The van der Waals surface area contributed by atoms with E-state index in [2.05, 4.69) is 0 Å². The van der Waals surface area contributed by atoms with Crippen LogP contribution in [-0.2, 0) is 17.6 Å². The molecule has 2 aromatic rings. The molecule has 0 spiro atoms. The van der Waals surface area contributed by atoms with Crippen LogP contribution < -0.4 is 0 Å². The molecule has 1 aliphatic carbocycles. The first-order valence-electron chi connectivity index (χ1n) is 10.0. The summed E-state index contributed by atoms with van der Waals surface area (Å²) in [7, 11) is 0. The Morgan fingerprint density at radius 3 is 2.66 bits per heavy atom. The molecule has 5 rings (SSSR count). The fourth-order valence-electron chi connectivity index (χ4n) is 4.87. The minimum atomic E-state index is -0.555. The molecule has 0 N–H and O–H groups in total. The van der Waals surface area contributed by atoms with Crippen LogP contribution in [0.3, 0.4) is 0 Å². The van der Waals surface area contributed by atoms with E-state index in [0.29, 0.717) is 50.0 Å². The SMILES string of the molecule is O=C1CCc2c1cccc2C(=O)N1CCN2C(=O)OCC2(Cc2ccccc2)C1. The summed E-state index contributed by atoms with van der Waals surface area (Å²) >= 11 is 0. The molecular formula is C23H22N2O4. The third-order valence-electron chi connectivity index (χ3n) is 6.31. The van der Waals surface area contributed by atoms with Crippen molar-refractivity contribution in [2.24, 2.45) is 0 Å². The average molecular weight is 390 g/mol. The molecule has 2 heterocycles. The minimum Gasteiger partial charge on any atom is -0.447 e. The van der Waals surface area contributed by atoms with Crippen LogP contribution in [0.2, 0.25) is 0 Å². The lowest BCUT2D eigenvalue weighted by Crippen LogP contribution is -2.63. The summed E-state index contributed by atoms with van der Waals surface area (Å²) < 4.78 is 5.40. The summed E-state index contributed by atoms with van der Waals surface area (Å²) in [5.41, 5.74) is 2.70. The number of hydrogen-bond donors (Lipinski definition) is 0. The van der Waals surface area contributed by atoms with E-state index >= 15 is 0 Å². The molecule has 1 atom stereocenters. The fraction of sp³-hybridized carbons (Fsp3) is 0.348. The van der Waals surface area contributed by atoms with Gasteiger partial charge >= 0.3 is 6.09 Å². The van der Waals surface area contributed by atoms with Crippen LogP contribution in [0.25, 0.3) is 0 Å². The van der Waals surface area contributed by atoms with Gasteiger partial charge in [0.25, 0.3) is 5.91 Å². The molecule has 0 bridgehead atoms. The topological polar surface area (TPSA) is 66.9 Å². The summed E-state index contributed by atoms with van der Waals surface area (Å²) in [6.07, 6.45) is 1.41. The number of fused-ring (bicyclic) bond motifs is 2. The Labute approximate surface area is 169 Å². The number of hydrogen-bond acceptors (Lipinski definition) is 4. The van der Waals surface area contributed by atoms with Crippen LogP contribution in [0.5, 0.6) is 0 Å². The third-order valence-corrected chi connectivity index (χ3v) is 6.31. The van der Waals surface area contributed by atoms with Gasteiger partial charge in [0, 0.05) is 43.6 Å². The highest BCUT2D eigenvalue weighted by Gasteiger charge is 2.51. The van der Waals surface area contributed by atoms with Gasteiger partial charge in [0.15, 0.2) is 5.78 Å². The summed E-state index contributed by atoms with van der Waals surface area (Å²) in [4.78, 5) is 41.4. The quantitative estimate of drug-likeness (QED) is 0.808. The highest BCUT2D eigenvalue weighted by molar-refractivity contribution is 6.05. The molecule has 2 aliphatic heterocycles. The van der Waals surface area contributed by atoms with E-state index in [0.717, 1.165) is 11.1 Å². The predicted molar refractivity (Wildman–Crippen MR) is 106 cm³/mol. The van der Waals surface area contributed by atoms with Gasteiger partial charge in [0.2, 0.25) is 0 Å². The molecule has 0 radical (unpaired) electrons. The number of Topliss-reactive ketones (excluding diaryl/α,β-unsaturated/α-hetero) is 1. The molecule has 148 valence electrons. The zero-order valence-electron chi connectivity index (χ0n) is 16.1. The van der Waals surface area contributed by atoms with Crippen LogP contribution >= 0.6 is 0 Å².